The topological polar surface area (TPSA) is 77.4 Å². The summed E-state index contributed by atoms with van der Waals surface area (Å²) in [5, 5.41) is 2.63. The van der Waals surface area contributed by atoms with Crippen LogP contribution in [0.2, 0.25) is 0 Å². The third-order valence-corrected chi connectivity index (χ3v) is 4.71. The number of hydrogen-bond acceptors (Lipinski definition) is 4. The standard InChI is InChI=1S/C22H24N2O4/c1-14-12-18(15(2)24(14)20-9-10-20)6-11-22(27)28-13-21(26)17-4-7-19(8-5-17)23-16(3)25/h4-8,11-12,20H,9-10,13H2,1-3H3,(H,23,25)/b11-6+. The SMILES string of the molecule is CC(=O)Nc1ccc(C(=O)COC(=O)/C=C/c2cc(C)n(C3CC3)c2C)cc1. The van der Waals surface area contributed by atoms with Crippen molar-refractivity contribution in [2.45, 2.75) is 39.7 Å². The van der Waals surface area contributed by atoms with Gasteiger partial charge in [0.1, 0.15) is 0 Å². The molecule has 1 saturated carbocycles. The number of rotatable bonds is 7. The number of hydrogen-bond donors (Lipinski definition) is 1. The molecule has 1 N–H and O–H groups in total. The highest BCUT2D eigenvalue weighted by Gasteiger charge is 2.26. The molecule has 3 rings (SSSR count). The van der Waals surface area contributed by atoms with E-state index in [0.717, 1.165) is 11.3 Å². The van der Waals surface area contributed by atoms with Crippen molar-refractivity contribution in [1.82, 2.24) is 4.57 Å². The predicted octanol–water partition coefficient (Wildman–Crippen LogP) is 3.84. The van der Waals surface area contributed by atoms with E-state index >= 15 is 0 Å². The van der Waals surface area contributed by atoms with Crippen LogP contribution in [-0.4, -0.2) is 28.8 Å². The van der Waals surface area contributed by atoms with Crippen molar-refractivity contribution in [3.05, 3.63) is 58.9 Å². The zero-order valence-corrected chi connectivity index (χ0v) is 16.3. The van der Waals surface area contributed by atoms with Crippen LogP contribution in [0.25, 0.3) is 6.08 Å². The van der Waals surface area contributed by atoms with Crippen LogP contribution in [0.4, 0.5) is 5.69 Å². The average Bonchev–Trinajstić information content (AvgIpc) is 3.43. The zero-order chi connectivity index (χ0) is 20.3. The number of esters is 1. The molecule has 0 saturated heterocycles. The quantitative estimate of drug-likeness (QED) is 0.450. The van der Waals surface area contributed by atoms with Gasteiger partial charge in [0.05, 0.1) is 0 Å². The van der Waals surface area contributed by atoms with Crippen LogP contribution in [0.5, 0.6) is 0 Å². The van der Waals surface area contributed by atoms with Crippen LogP contribution in [0.15, 0.2) is 36.4 Å². The van der Waals surface area contributed by atoms with Crippen molar-refractivity contribution in [2.24, 2.45) is 0 Å². The lowest BCUT2D eigenvalue weighted by Gasteiger charge is -2.06. The van der Waals surface area contributed by atoms with Gasteiger partial charge in [-0.05, 0) is 68.7 Å². The number of anilines is 1. The summed E-state index contributed by atoms with van der Waals surface area (Å²) in [4.78, 5) is 35.1. The van der Waals surface area contributed by atoms with Crippen molar-refractivity contribution in [2.75, 3.05) is 11.9 Å². The minimum Gasteiger partial charge on any atom is -0.454 e. The number of benzene rings is 1. The van der Waals surface area contributed by atoms with E-state index in [1.165, 1.54) is 31.5 Å². The van der Waals surface area contributed by atoms with Crippen molar-refractivity contribution in [3.8, 4) is 0 Å². The summed E-state index contributed by atoms with van der Waals surface area (Å²) in [5.41, 5.74) is 4.33. The minimum atomic E-state index is -0.556. The molecule has 2 aromatic rings. The summed E-state index contributed by atoms with van der Waals surface area (Å²) in [6, 6.07) is 9.08. The number of amides is 1. The highest BCUT2D eigenvalue weighted by atomic mass is 16.5. The third-order valence-electron chi connectivity index (χ3n) is 4.71. The van der Waals surface area contributed by atoms with Gasteiger partial charge < -0.3 is 14.6 Å². The van der Waals surface area contributed by atoms with Crippen LogP contribution >= 0.6 is 0 Å². The largest absolute Gasteiger partial charge is 0.454 e. The second kappa shape index (κ2) is 8.25. The predicted molar refractivity (Wildman–Crippen MR) is 107 cm³/mol. The Morgan fingerprint density at radius 2 is 1.86 bits per heavy atom. The lowest BCUT2D eigenvalue weighted by molar-refractivity contribution is -0.136. The van der Waals surface area contributed by atoms with Crippen molar-refractivity contribution >= 4 is 29.4 Å². The Morgan fingerprint density at radius 3 is 2.46 bits per heavy atom. The Bertz CT molecular complexity index is 934. The fourth-order valence-corrected chi connectivity index (χ4v) is 3.23. The number of carbonyl (C=O) groups is 3. The van der Waals surface area contributed by atoms with Gasteiger partial charge in [0.15, 0.2) is 12.4 Å². The number of nitrogens with one attached hydrogen (secondary N) is 1. The second-order valence-corrected chi connectivity index (χ2v) is 7.05. The molecule has 0 unspecified atom stereocenters. The Labute approximate surface area is 164 Å². The number of aryl methyl sites for hydroxylation is 1. The van der Waals surface area contributed by atoms with E-state index in [-0.39, 0.29) is 18.3 Å². The van der Waals surface area contributed by atoms with Gasteiger partial charge in [0.25, 0.3) is 0 Å². The van der Waals surface area contributed by atoms with Gasteiger partial charge >= 0.3 is 5.97 Å². The summed E-state index contributed by atoms with van der Waals surface area (Å²) in [6.07, 6.45) is 5.49. The van der Waals surface area contributed by atoms with E-state index in [2.05, 4.69) is 22.9 Å². The smallest absolute Gasteiger partial charge is 0.331 e. The monoisotopic (exact) mass is 380 g/mol. The molecule has 1 amide bonds. The summed E-state index contributed by atoms with van der Waals surface area (Å²) in [7, 11) is 0. The summed E-state index contributed by atoms with van der Waals surface area (Å²) < 4.78 is 7.36. The molecule has 1 aliphatic carbocycles. The highest BCUT2D eigenvalue weighted by Crippen LogP contribution is 2.38. The fourth-order valence-electron chi connectivity index (χ4n) is 3.23. The molecular weight excluding hydrogens is 356 g/mol. The molecule has 28 heavy (non-hydrogen) atoms. The van der Waals surface area contributed by atoms with Gasteiger partial charge in [0.2, 0.25) is 5.91 Å². The number of ketones is 1. The molecule has 0 bridgehead atoms. The first-order valence-corrected chi connectivity index (χ1v) is 9.29. The lowest BCUT2D eigenvalue weighted by Crippen LogP contribution is -2.13. The molecular formula is C22H24N2O4. The van der Waals surface area contributed by atoms with Crippen LogP contribution < -0.4 is 5.32 Å². The Hall–Kier alpha value is -3.15. The summed E-state index contributed by atoms with van der Waals surface area (Å²) >= 11 is 0. The molecule has 1 heterocycles. The first-order valence-electron chi connectivity index (χ1n) is 9.29. The van der Waals surface area contributed by atoms with Crippen LogP contribution in [-0.2, 0) is 14.3 Å². The van der Waals surface area contributed by atoms with Gasteiger partial charge in [-0.25, -0.2) is 4.79 Å². The van der Waals surface area contributed by atoms with Gasteiger partial charge in [-0.3, -0.25) is 9.59 Å². The van der Waals surface area contributed by atoms with Gasteiger partial charge in [-0.1, -0.05) is 0 Å². The molecule has 0 aliphatic heterocycles. The number of Topliss-reactive ketones (excluding diaryl/α,β-unsaturated/α-hetero) is 1. The minimum absolute atomic E-state index is 0.183. The highest BCUT2D eigenvalue weighted by molar-refractivity contribution is 5.99. The summed E-state index contributed by atoms with van der Waals surface area (Å²) in [5.74, 6) is -1.04. The molecule has 1 aromatic heterocycles. The molecule has 6 nitrogen and oxygen atoms in total. The maximum atomic E-state index is 12.1. The third kappa shape index (κ3) is 4.76. The van der Waals surface area contributed by atoms with E-state index in [9.17, 15) is 14.4 Å². The van der Waals surface area contributed by atoms with E-state index in [1.807, 2.05) is 6.92 Å². The molecule has 1 fully saturated rings. The Kier molecular flexibility index (Phi) is 5.78. The molecule has 0 atom stereocenters. The van der Waals surface area contributed by atoms with Gasteiger partial charge in [-0.15, -0.1) is 0 Å². The molecule has 6 heteroatoms. The van der Waals surface area contributed by atoms with Crippen molar-refractivity contribution in [3.63, 3.8) is 0 Å². The van der Waals surface area contributed by atoms with Crippen LogP contribution in [0, 0.1) is 13.8 Å². The normalized spacial score (nSPS) is 13.5. The average molecular weight is 380 g/mol. The Morgan fingerprint density at radius 1 is 1.18 bits per heavy atom. The lowest BCUT2D eigenvalue weighted by atomic mass is 10.1. The molecule has 0 spiro atoms. The number of carbonyl (C=O) groups excluding carboxylic acids is 3. The van der Waals surface area contributed by atoms with Crippen LogP contribution in [0.1, 0.15) is 53.1 Å². The molecule has 1 aliphatic rings. The van der Waals surface area contributed by atoms with Crippen LogP contribution in [0.3, 0.4) is 0 Å². The maximum absolute atomic E-state index is 12.1. The molecule has 146 valence electrons. The zero-order valence-electron chi connectivity index (χ0n) is 16.3. The number of ether oxygens (including phenoxy) is 1. The number of aromatic nitrogens is 1. The van der Waals surface area contributed by atoms with Gasteiger partial charge in [-0.2, -0.15) is 0 Å². The molecule has 1 aromatic carbocycles. The molecule has 0 radical (unpaired) electrons. The van der Waals surface area contributed by atoms with E-state index in [0.29, 0.717) is 17.3 Å². The first-order chi connectivity index (χ1) is 13.3. The van der Waals surface area contributed by atoms with E-state index < -0.39 is 5.97 Å². The van der Waals surface area contributed by atoms with E-state index in [4.69, 9.17) is 4.74 Å². The fraction of sp³-hybridized carbons (Fsp3) is 0.318. The second-order valence-electron chi connectivity index (χ2n) is 7.05. The van der Waals surface area contributed by atoms with Crippen molar-refractivity contribution in [1.29, 1.82) is 0 Å². The first kappa shape index (κ1) is 19.6. The summed E-state index contributed by atoms with van der Waals surface area (Å²) in [6.45, 7) is 5.20. The number of nitrogens with zero attached hydrogens (tertiary/aromatic N) is 1. The maximum Gasteiger partial charge on any atom is 0.331 e. The van der Waals surface area contributed by atoms with Crippen molar-refractivity contribution < 1.29 is 19.1 Å². The Balaban J connectivity index is 1.54. The van der Waals surface area contributed by atoms with E-state index in [1.54, 1.807) is 30.3 Å². The van der Waals surface area contributed by atoms with Gasteiger partial charge in [0, 0.05) is 41.7 Å².